The number of halogens is 1. The maximum absolute atomic E-state index is 9.76. The van der Waals surface area contributed by atoms with Crippen molar-refractivity contribution in [1.29, 1.82) is 0 Å². The van der Waals surface area contributed by atoms with E-state index in [-0.39, 0.29) is 5.75 Å². The summed E-state index contributed by atoms with van der Waals surface area (Å²) in [5.74, 6) is 1.00. The van der Waals surface area contributed by atoms with Crippen LogP contribution in [0.15, 0.2) is 42.6 Å². The second-order valence-electron chi connectivity index (χ2n) is 4.39. The molecule has 20 heavy (non-hydrogen) atoms. The molecule has 0 fully saturated rings. The Balaban J connectivity index is 1.71. The van der Waals surface area contributed by atoms with Crippen molar-refractivity contribution in [1.82, 2.24) is 19.9 Å². The number of aromatic hydroxyl groups is 1. The highest BCUT2D eigenvalue weighted by atomic mass is 35.5. The Morgan fingerprint density at radius 1 is 1.10 bits per heavy atom. The minimum atomic E-state index is 0.191. The van der Waals surface area contributed by atoms with E-state index in [1.807, 2.05) is 28.8 Å². The second kappa shape index (κ2) is 5.48. The topological polar surface area (TPSA) is 62.5 Å². The van der Waals surface area contributed by atoms with Gasteiger partial charge in [-0.1, -0.05) is 23.7 Å². The van der Waals surface area contributed by atoms with Gasteiger partial charge in [0.15, 0.2) is 11.5 Å². The zero-order chi connectivity index (χ0) is 13.9. The Hall–Kier alpha value is -2.11. The van der Waals surface area contributed by atoms with E-state index in [9.17, 15) is 5.11 Å². The quantitative estimate of drug-likeness (QED) is 0.774. The lowest BCUT2D eigenvalue weighted by Gasteiger charge is -2.08. The van der Waals surface area contributed by atoms with Crippen LogP contribution in [0.3, 0.4) is 0 Å². The summed E-state index contributed by atoms with van der Waals surface area (Å²) in [5, 5.41) is 21.7. The monoisotopic (exact) mass is 288 g/mol. The Morgan fingerprint density at radius 3 is 2.85 bits per heavy atom. The summed E-state index contributed by atoms with van der Waals surface area (Å²) < 4.78 is 1.92. The lowest BCUT2D eigenvalue weighted by Crippen LogP contribution is -2.15. The molecule has 3 aromatic rings. The van der Waals surface area contributed by atoms with E-state index >= 15 is 0 Å². The van der Waals surface area contributed by atoms with Crippen LogP contribution in [0.5, 0.6) is 5.75 Å². The summed E-state index contributed by atoms with van der Waals surface area (Å²) in [4.78, 5) is 0. The lowest BCUT2D eigenvalue weighted by molar-refractivity contribution is 0.464. The first kappa shape index (κ1) is 12.9. The Kier molecular flexibility index (Phi) is 3.54. The molecule has 0 aliphatic rings. The van der Waals surface area contributed by atoms with Crippen molar-refractivity contribution >= 4 is 17.2 Å². The molecular weight excluding hydrogens is 276 g/mol. The fraction of sp³-hybridized carbons (Fsp3) is 0.143. The first-order valence-corrected chi connectivity index (χ1v) is 6.59. The molecule has 0 spiro atoms. The number of fused-ring (bicyclic) bond motifs is 1. The molecule has 1 aromatic carbocycles. The molecule has 5 nitrogen and oxygen atoms in total. The van der Waals surface area contributed by atoms with Crippen LogP contribution in [0.4, 0.5) is 0 Å². The fourth-order valence-electron chi connectivity index (χ4n) is 2.03. The van der Waals surface area contributed by atoms with E-state index in [0.717, 1.165) is 11.5 Å². The van der Waals surface area contributed by atoms with Crippen LogP contribution in [0, 0.1) is 0 Å². The minimum absolute atomic E-state index is 0.191. The molecule has 0 atom stereocenters. The molecule has 3 rings (SSSR count). The zero-order valence-corrected chi connectivity index (χ0v) is 11.4. The number of pyridine rings is 1. The molecule has 0 aliphatic heterocycles. The summed E-state index contributed by atoms with van der Waals surface area (Å²) in [7, 11) is 0. The Morgan fingerprint density at radius 2 is 2.00 bits per heavy atom. The van der Waals surface area contributed by atoms with Gasteiger partial charge in [0.05, 0.1) is 6.54 Å². The number of hydrogen-bond acceptors (Lipinski definition) is 4. The number of hydrogen-bond donors (Lipinski definition) is 2. The fourth-order valence-corrected chi connectivity index (χ4v) is 2.27. The number of phenols is 1. The number of nitrogens with zero attached hydrogens (tertiary/aromatic N) is 3. The van der Waals surface area contributed by atoms with Gasteiger partial charge in [-0.2, -0.15) is 0 Å². The van der Waals surface area contributed by atoms with Gasteiger partial charge >= 0.3 is 0 Å². The van der Waals surface area contributed by atoms with Gasteiger partial charge in [0.25, 0.3) is 0 Å². The summed E-state index contributed by atoms with van der Waals surface area (Å²) in [6.07, 6.45) is 1.92. The van der Waals surface area contributed by atoms with Crippen molar-refractivity contribution in [3.05, 3.63) is 59.0 Å². The van der Waals surface area contributed by atoms with Crippen LogP contribution < -0.4 is 5.32 Å². The van der Waals surface area contributed by atoms with Crippen LogP contribution >= 0.6 is 11.6 Å². The van der Waals surface area contributed by atoms with Gasteiger partial charge in [-0.05, 0) is 24.3 Å². The molecule has 0 amide bonds. The molecule has 0 unspecified atom stereocenters. The first-order valence-electron chi connectivity index (χ1n) is 6.21. The zero-order valence-electron chi connectivity index (χ0n) is 10.6. The number of rotatable bonds is 4. The highest BCUT2D eigenvalue weighted by Crippen LogP contribution is 2.24. The molecule has 0 radical (unpaired) electrons. The highest BCUT2D eigenvalue weighted by Gasteiger charge is 2.07. The largest absolute Gasteiger partial charge is 0.508 e. The van der Waals surface area contributed by atoms with Gasteiger partial charge in [-0.3, -0.25) is 4.40 Å². The predicted molar refractivity (Wildman–Crippen MR) is 76.6 cm³/mol. The van der Waals surface area contributed by atoms with Crippen LogP contribution in [-0.2, 0) is 13.1 Å². The number of nitrogens with one attached hydrogen (secondary N) is 1. The molecule has 0 saturated heterocycles. The van der Waals surface area contributed by atoms with Crippen LogP contribution in [0.2, 0.25) is 5.02 Å². The van der Waals surface area contributed by atoms with Gasteiger partial charge < -0.3 is 10.4 Å². The van der Waals surface area contributed by atoms with Crippen molar-refractivity contribution in [3.63, 3.8) is 0 Å². The Bertz CT molecular complexity index is 721. The third-order valence-corrected chi connectivity index (χ3v) is 3.42. The highest BCUT2D eigenvalue weighted by molar-refractivity contribution is 6.31. The molecule has 0 saturated carbocycles. The van der Waals surface area contributed by atoms with E-state index in [1.165, 1.54) is 0 Å². The van der Waals surface area contributed by atoms with Gasteiger partial charge in [0.2, 0.25) is 0 Å². The van der Waals surface area contributed by atoms with E-state index < -0.39 is 0 Å². The number of benzene rings is 1. The molecule has 102 valence electrons. The lowest BCUT2D eigenvalue weighted by atomic mass is 10.2. The molecule has 6 heteroatoms. The van der Waals surface area contributed by atoms with Gasteiger partial charge in [-0.15, -0.1) is 10.2 Å². The molecule has 2 heterocycles. The average molecular weight is 289 g/mol. The standard InChI is InChI=1S/C14H13ClN4O/c15-11-4-3-5-12(20)10(11)8-16-9-14-18-17-13-6-1-2-7-19(13)14/h1-7,16,20H,8-9H2. The molecular formula is C14H13ClN4O. The number of phenolic OH excluding ortho intramolecular Hbond substituents is 1. The van der Waals surface area contributed by atoms with E-state index in [0.29, 0.717) is 23.7 Å². The van der Waals surface area contributed by atoms with Crippen LogP contribution in [-0.4, -0.2) is 19.7 Å². The van der Waals surface area contributed by atoms with Gasteiger partial charge in [-0.25, -0.2) is 0 Å². The first-order chi connectivity index (χ1) is 9.75. The molecule has 2 aromatic heterocycles. The van der Waals surface area contributed by atoms with Crippen molar-refractivity contribution < 1.29 is 5.11 Å². The van der Waals surface area contributed by atoms with E-state index in [2.05, 4.69) is 15.5 Å². The van der Waals surface area contributed by atoms with Crippen LogP contribution in [0.1, 0.15) is 11.4 Å². The second-order valence-corrected chi connectivity index (χ2v) is 4.79. The van der Waals surface area contributed by atoms with E-state index in [1.54, 1.807) is 18.2 Å². The predicted octanol–water partition coefficient (Wildman–Crippen LogP) is 2.38. The van der Waals surface area contributed by atoms with E-state index in [4.69, 9.17) is 11.6 Å². The van der Waals surface area contributed by atoms with Gasteiger partial charge in [0, 0.05) is 23.3 Å². The van der Waals surface area contributed by atoms with Crippen molar-refractivity contribution in [2.45, 2.75) is 13.1 Å². The maximum atomic E-state index is 9.76. The van der Waals surface area contributed by atoms with Gasteiger partial charge in [0.1, 0.15) is 5.75 Å². The summed E-state index contributed by atoms with van der Waals surface area (Å²) in [6.45, 7) is 1.00. The minimum Gasteiger partial charge on any atom is -0.508 e. The molecule has 0 aliphatic carbocycles. The van der Waals surface area contributed by atoms with Crippen molar-refractivity contribution in [3.8, 4) is 5.75 Å². The molecule has 0 bridgehead atoms. The normalized spacial score (nSPS) is 11.1. The molecule has 2 N–H and O–H groups in total. The number of aromatic nitrogens is 3. The third-order valence-electron chi connectivity index (χ3n) is 3.06. The smallest absolute Gasteiger partial charge is 0.160 e. The SMILES string of the molecule is Oc1cccc(Cl)c1CNCc1nnc2ccccn12. The third kappa shape index (κ3) is 2.45. The van der Waals surface area contributed by atoms with Crippen molar-refractivity contribution in [2.24, 2.45) is 0 Å². The summed E-state index contributed by atoms with van der Waals surface area (Å²) >= 11 is 6.05. The average Bonchev–Trinajstić information content (AvgIpc) is 2.86. The summed E-state index contributed by atoms with van der Waals surface area (Å²) in [6, 6.07) is 10.8. The summed E-state index contributed by atoms with van der Waals surface area (Å²) in [5.41, 5.74) is 1.49. The Labute approximate surface area is 120 Å². The van der Waals surface area contributed by atoms with Crippen molar-refractivity contribution in [2.75, 3.05) is 0 Å². The van der Waals surface area contributed by atoms with Crippen LogP contribution in [0.25, 0.3) is 5.65 Å². The maximum Gasteiger partial charge on any atom is 0.160 e.